The number of carbonyl (C=O) groups excluding carboxylic acids is 4. The lowest BCUT2D eigenvalue weighted by atomic mass is 9.83. The number of rotatable bonds is 10. The number of hydrogen-bond acceptors (Lipinski definition) is 6. The van der Waals surface area contributed by atoms with Crippen LogP contribution in [0.25, 0.3) is 0 Å². The highest BCUT2D eigenvalue weighted by Crippen LogP contribution is 2.64. The molecule has 6 atom stereocenters. The van der Waals surface area contributed by atoms with Gasteiger partial charge in [0.15, 0.2) is 11.7 Å². The fourth-order valence-electron chi connectivity index (χ4n) is 5.78. The van der Waals surface area contributed by atoms with E-state index in [1.807, 2.05) is 0 Å². The first-order valence-corrected chi connectivity index (χ1v) is 12.1. The number of primary amides is 1. The number of ether oxygens (including phenoxy) is 1. The molecular formula is C22H26F9N3O6. The van der Waals surface area contributed by atoms with E-state index in [9.17, 15) is 63.8 Å². The van der Waals surface area contributed by atoms with Gasteiger partial charge in [0.1, 0.15) is 18.8 Å². The molecule has 3 aliphatic rings. The summed E-state index contributed by atoms with van der Waals surface area (Å²) in [6.45, 7) is -1.63. The molecule has 3 amide bonds. The number of ketones is 1. The van der Waals surface area contributed by atoms with Crippen molar-refractivity contribution in [2.24, 2.45) is 34.8 Å². The lowest BCUT2D eigenvalue weighted by Gasteiger charge is -2.28. The van der Waals surface area contributed by atoms with Gasteiger partial charge in [-0.2, -0.15) is 26.3 Å². The van der Waals surface area contributed by atoms with E-state index < -0.39 is 103 Å². The van der Waals surface area contributed by atoms with Gasteiger partial charge in [-0.25, -0.2) is 0 Å². The van der Waals surface area contributed by atoms with Gasteiger partial charge in [0.25, 0.3) is 5.91 Å². The van der Waals surface area contributed by atoms with Crippen molar-refractivity contribution in [2.45, 2.75) is 63.0 Å². The van der Waals surface area contributed by atoms with Crippen molar-refractivity contribution in [2.75, 3.05) is 19.7 Å². The van der Waals surface area contributed by atoms with Gasteiger partial charge >= 0.3 is 18.7 Å². The molecule has 18 heteroatoms. The Morgan fingerprint density at radius 3 is 2.15 bits per heavy atom. The van der Waals surface area contributed by atoms with Crippen LogP contribution in [0.5, 0.6) is 0 Å². The summed E-state index contributed by atoms with van der Waals surface area (Å²) in [4.78, 5) is 50.2. The number of halogens is 9. The highest BCUT2D eigenvalue weighted by molar-refractivity contribution is 5.90. The van der Waals surface area contributed by atoms with Crippen LogP contribution in [0.15, 0.2) is 0 Å². The Labute approximate surface area is 220 Å². The molecule has 3 rings (SSSR count). The minimum Gasteiger partial charge on any atom is -0.383 e. The van der Waals surface area contributed by atoms with E-state index in [2.05, 4.69) is 10.1 Å². The third-order valence-corrected chi connectivity index (χ3v) is 7.84. The standard InChI is InChI=1S/C22H26F9N3O6/c23-20(24,25)15(21(26,27)28)4-13(35)18(39)34-8-19(6-12(34)16(32)37)5-11(19)10(3-9-1-2-33-17(9)38)14(36)7-40-22(29,30)31/h9-13,15,35H,1-8H2,(H2,32,37)(H,33,38)/t9-,10+,11?,12?,13+,19?/m1/s1. The Bertz CT molecular complexity index is 1000. The van der Waals surface area contributed by atoms with Gasteiger partial charge in [0.2, 0.25) is 11.8 Å². The van der Waals surface area contributed by atoms with E-state index >= 15 is 0 Å². The fourth-order valence-corrected chi connectivity index (χ4v) is 5.78. The molecule has 0 aromatic rings. The SMILES string of the molecule is NC(=O)C1CC2(CC2[C@H](C[C@H]2CCNC2=O)C(=O)COC(F)(F)F)CN1C(=O)[C@@H](O)CC(C(F)(F)F)C(F)(F)F. The second-order valence-corrected chi connectivity index (χ2v) is 10.5. The Balaban J connectivity index is 1.80. The molecule has 1 saturated carbocycles. The zero-order chi connectivity index (χ0) is 30.4. The fraction of sp³-hybridized carbons (Fsp3) is 0.818. The lowest BCUT2D eigenvalue weighted by molar-refractivity contribution is -0.321. The molecule has 0 aromatic carbocycles. The lowest BCUT2D eigenvalue weighted by Crippen LogP contribution is -2.49. The first kappa shape index (κ1) is 31.9. The zero-order valence-corrected chi connectivity index (χ0v) is 20.5. The number of Topliss-reactive ketones (excluding diaryl/α,β-unsaturated/α-hetero) is 1. The van der Waals surface area contributed by atoms with Crippen LogP contribution in [0.1, 0.15) is 32.1 Å². The summed E-state index contributed by atoms with van der Waals surface area (Å²) in [6, 6.07) is -1.57. The number of hydrogen-bond donors (Lipinski definition) is 3. The Morgan fingerprint density at radius 1 is 1.07 bits per heavy atom. The molecule has 0 bridgehead atoms. The molecular weight excluding hydrogens is 573 g/mol. The molecule has 2 saturated heterocycles. The Kier molecular flexibility index (Phi) is 8.76. The number of carbonyl (C=O) groups is 4. The quantitative estimate of drug-likeness (QED) is 0.328. The van der Waals surface area contributed by atoms with Crippen molar-refractivity contribution in [1.29, 1.82) is 0 Å². The summed E-state index contributed by atoms with van der Waals surface area (Å²) in [5.41, 5.74) is 4.15. The van der Waals surface area contributed by atoms with E-state index in [1.54, 1.807) is 0 Å². The molecule has 1 aliphatic carbocycles. The molecule has 2 aliphatic heterocycles. The van der Waals surface area contributed by atoms with E-state index in [0.29, 0.717) is 4.90 Å². The second kappa shape index (κ2) is 11.0. The van der Waals surface area contributed by atoms with Crippen LogP contribution in [0.3, 0.4) is 0 Å². The molecule has 9 nitrogen and oxygen atoms in total. The molecule has 228 valence electrons. The van der Waals surface area contributed by atoms with Crippen molar-refractivity contribution in [3.63, 3.8) is 0 Å². The first-order chi connectivity index (χ1) is 18.2. The molecule has 40 heavy (non-hydrogen) atoms. The summed E-state index contributed by atoms with van der Waals surface area (Å²) < 4.78 is 119. The summed E-state index contributed by atoms with van der Waals surface area (Å²) in [6.07, 6.45) is -21.9. The molecule has 2 heterocycles. The average Bonchev–Trinajstić information content (AvgIpc) is 3.11. The van der Waals surface area contributed by atoms with Gasteiger partial charge in [0, 0.05) is 31.3 Å². The smallest absolute Gasteiger partial charge is 0.383 e. The van der Waals surface area contributed by atoms with Crippen molar-refractivity contribution in [3.05, 3.63) is 0 Å². The van der Waals surface area contributed by atoms with Gasteiger partial charge in [-0.3, -0.25) is 23.9 Å². The second-order valence-electron chi connectivity index (χ2n) is 10.5. The van der Waals surface area contributed by atoms with Crippen LogP contribution in [0, 0.1) is 29.1 Å². The Hall–Kier alpha value is -2.63. The van der Waals surface area contributed by atoms with Crippen LogP contribution in [-0.4, -0.2) is 84.1 Å². The number of likely N-dealkylation sites (tertiary alicyclic amines) is 1. The summed E-state index contributed by atoms with van der Waals surface area (Å²) in [5.74, 6) is -11.0. The van der Waals surface area contributed by atoms with E-state index in [0.717, 1.165) is 0 Å². The number of nitrogens with two attached hydrogens (primary N) is 1. The normalized spacial score (nSPS) is 28.6. The number of nitrogens with zero attached hydrogens (tertiary/aromatic N) is 1. The minimum absolute atomic E-state index is 0.0289. The maximum atomic E-state index is 12.9. The molecule has 0 aromatic heterocycles. The third-order valence-electron chi connectivity index (χ3n) is 7.84. The first-order valence-electron chi connectivity index (χ1n) is 12.1. The number of alkyl halides is 9. The van der Waals surface area contributed by atoms with Crippen molar-refractivity contribution >= 4 is 23.5 Å². The van der Waals surface area contributed by atoms with Crippen molar-refractivity contribution in [1.82, 2.24) is 10.2 Å². The largest absolute Gasteiger partial charge is 0.522 e. The maximum Gasteiger partial charge on any atom is 0.522 e. The van der Waals surface area contributed by atoms with Crippen molar-refractivity contribution in [3.8, 4) is 0 Å². The van der Waals surface area contributed by atoms with Gasteiger partial charge in [0.05, 0.1) is 0 Å². The number of aliphatic hydroxyl groups is 1. The van der Waals surface area contributed by atoms with E-state index in [-0.39, 0.29) is 32.2 Å². The van der Waals surface area contributed by atoms with Crippen LogP contribution in [0.2, 0.25) is 0 Å². The van der Waals surface area contributed by atoms with Gasteiger partial charge in [-0.15, -0.1) is 13.2 Å². The van der Waals surface area contributed by atoms with Gasteiger partial charge in [-0.05, 0) is 37.0 Å². The zero-order valence-electron chi connectivity index (χ0n) is 20.5. The summed E-state index contributed by atoms with van der Waals surface area (Å²) in [7, 11) is 0. The predicted molar refractivity (Wildman–Crippen MR) is 112 cm³/mol. The van der Waals surface area contributed by atoms with Crippen LogP contribution >= 0.6 is 0 Å². The molecule has 1 spiro atoms. The molecule has 4 N–H and O–H groups in total. The van der Waals surface area contributed by atoms with E-state index in [1.165, 1.54) is 0 Å². The average molecular weight is 599 g/mol. The van der Waals surface area contributed by atoms with Gasteiger partial charge in [-0.1, -0.05) is 0 Å². The van der Waals surface area contributed by atoms with Crippen LogP contribution in [-0.2, 0) is 23.9 Å². The molecule has 0 radical (unpaired) electrons. The number of aliphatic hydroxyl groups excluding tert-OH is 1. The topological polar surface area (TPSA) is 139 Å². The maximum absolute atomic E-state index is 12.9. The number of nitrogens with one attached hydrogen (secondary N) is 1. The van der Waals surface area contributed by atoms with Crippen LogP contribution < -0.4 is 11.1 Å². The van der Waals surface area contributed by atoms with Crippen molar-refractivity contribution < 1.29 is 68.5 Å². The highest BCUT2D eigenvalue weighted by atomic mass is 19.4. The third kappa shape index (κ3) is 7.16. The van der Waals surface area contributed by atoms with Crippen LogP contribution in [0.4, 0.5) is 39.5 Å². The molecule has 3 unspecified atom stereocenters. The summed E-state index contributed by atoms with van der Waals surface area (Å²) >= 11 is 0. The van der Waals surface area contributed by atoms with Gasteiger partial charge < -0.3 is 21.1 Å². The Morgan fingerprint density at radius 2 is 1.68 bits per heavy atom. The highest BCUT2D eigenvalue weighted by Gasteiger charge is 2.66. The predicted octanol–water partition coefficient (Wildman–Crippen LogP) is 1.82. The monoisotopic (exact) mass is 599 g/mol. The molecule has 3 fully saturated rings. The summed E-state index contributed by atoms with van der Waals surface area (Å²) in [5, 5.41) is 12.5. The van der Waals surface area contributed by atoms with E-state index in [4.69, 9.17) is 5.73 Å². The number of amides is 3. The minimum atomic E-state index is -5.84.